The summed E-state index contributed by atoms with van der Waals surface area (Å²) in [5.74, 6) is -0.674. The second kappa shape index (κ2) is 11.2. The normalized spacial score (nSPS) is 12.8. The lowest BCUT2D eigenvalue weighted by molar-refractivity contribution is -0.00333. The molecule has 0 aliphatic heterocycles. The van der Waals surface area contributed by atoms with Gasteiger partial charge in [0.05, 0.1) is 11.1 Å². The van der Waals surface area contributed by atoms with Crippen LogP contribution in [0.3, 0.4) is 0 Å². The number of ether oxygens (including phenoxy) is 2. The Labute approximate surface area is 161 Å². The lowest BCUT2D eigenvalue weighted by Crippen LogP contribution is -2.27. The second-order valence-electron chi connectivity index (χ2n) is 6.57. The monoisotopic (exact) mass is 368 g/mol. The van der Waals surface area contributed by atoms with E-state index in [1.54, 1.807) is 24.3 Å². The molecule has 0 radical (unpaired) electrons. The molecule has 0 heterocycles. The summed E-state index contributed by atoms with van der Waals surface area (Å²) in [5, 5.41) is 0. The van der Waals surface area contributed by atoms with Crippen LogP contribution in [0.4, 0.5) is 0 Å². The molecule has 2 aromatic rings. The average molecular weight is 368 g/mol. The smallest absolute Gasteiger partial charge is 0.338 e. The number of unbranched alkanes of at least 4 members (excludes halogenated alkanes) is 1. The summed E-state index contributed by atoms with van der Waals surface area (Å²) in [6.07, 6.45) is 3.34. The maximum absolute atomic E-state index is 12.4. The van der Waals surface area contributed by atoms with Crippen LogP contribution in [0.15, 0.2) is 60.7 Å². The van der Waals surface area contributed by atoms with Crippen LogP contribution >= 0.6 is 0 Å². The maximum Gasteiger partial charge on any atom is 0.338 e. The van der Waals surface area contributed by atoms with Crippen molar-refractivity contribution in [3.63, 3.8) is 0 Å². The van der Waals surface area contributed by atoms with Gasteiger partial charge in [0.1, 0.15) is 12.2 Å². The quantitative estimate of drug-likeness (QED) is 0.525. The molecule has 0 N–H and O–H groups in total. The fraction of sp³-hybridized carbons (Fsp3) is 0.391. The highest BCUT2D eigenvalue weighted by molar-refractivity contribution is 5.90. The molecule has 0 saturated carbocycles. The van der Waals surface area contributed by atoms with E-state index in [9.17, 15) is 9.59 Å². The van der Waals surface area contributed by atoms with Crippen molar-refractivity contribution in [3.8, 4) is 0 Å². The number of carbonyl (C=O) groups is 2. The van der Waals surface area contributed by atoms with Crippen molar-refractivity contribution in [1.82, 2.24) is 0 Å². The molecule has 4 nitrogen and oxygen atoms in total. The molecule has 27 heavy (non-hydrogen) atoms. The fourth-order valence-corrected chi connectivity index (χ4v) is 2.84. The molecule has 2 unspecified atom stereocenters. The summed E-state index contributed by atoms with van der Waals surface area (Å²) in [5.41, 5.74) is 1.07. The first-order chi connectivity index (χ1) is 13.1. The Balaban J connectivity index is 1.99. The van der Waals surface area contributed by atoms with E-state index >= 15 is 0 Å². The highest BCUT2D eigenvalue weighted by Crippen LogP contribution is 2.18. The van der Waals surface area contributed by atoms with Crippen LogP contribution in [-0.4, -0.2) is 24.1 Å². The van der Waals surface area contributed by atoms with Crippen LogP contribution in [0.5, 0.6) is 0 Å². The van der Waals surface area contributed by atoms with Gasteiger partial charge < -0.3 is 9.47 Å². The van der Waals surface area contributed by atoms with Gasteiger partial charge in [-0.25, -0.2) is 9.59 Å². The molecule has 0 fully saturated rings. The van der Waals surface area contributed by atoms with Crippen molar-refractivity contribution in [2.24, 2.45) is 0 Å². The van der Waals surface area contributed by atoms with Gasteiger partial charge in [-0.2, -0.15) is 0 Å². The van der Waals surface area contributed by atoms with Gasteiger partial charge in [-0.1, -0.05) is 63.1 Å². The van der Waals surface area contributed by atoms with Gasteiger partial charge in [0.2, 0.25) is 0 Å². The lowest BCUT2D eigenvalue weighted by atomic mass is 10.0. The third-order valence-corrected chi connectivity index (χ3v) is 4.43. The molecule has 2 atom stereocenters. The summed E-state index contributed by atoms with van der Waals surface area (Å²) < 4.78 is 11.4. The highest BCUT2D eigenvalue weighted by Gasteiger charge is 2.23. The van der Waals surface area contributed by atoms with E-state index in [1.807, 2.05) is 43.3 Å². The predicted octanol–water partition coefficient (Wildman–Crippen LogP) is 5.43. The van der Waals surface area contributed by atoms with E-state index in [0.717, 1.165) is 19.3 Å². The SMILES string of the molecule is CCCCC(CC(CC)OC(=O)c1ccccc1)OC(=O)c1ccccc1. The Morgan fingerprint density at radius 1 is 0.778 bits per heavy atom. The van der Waals surface area contributed by atoms with E-state index in [4.69, 9.17) is 9.47 Å². The van der Waals surface area contributed by atoms with Crippen LogP contribution in [0.2, 0.25) is 0 Å². The minimum atomic E-state index is -0.342. The van der Waals surface area contributed by atoms with Gasteiger partial charge in [-0.05, 0) is 37.1 Å². The van der Waals surface area contributed by atoms with E-state index in [1.165, 1.54) is 0 Å². The minimum Gasteiger partial charge on any atom is -0.459 e. The first kappa shape index (κ1) is 20.7. The standard InChI is InChI=1S/C23H28O4/c1-3-5-16-21(27-23(25)19-14-10-7-11-15-19)17-20(4-2)26-22(24)18-12-8-6-9-13-18/h6-15,20-21H,3-5,16-17H2,1-2H3. The lowest BCUT2D eigenvalue weighted by Gasteiger charge is -2.23. The Hall–Kier alpha value is -2.62. The molecule has 0 bridgehead atoms. The topological polar surface area (TPSA) is 52.6 Å². The minimum absolute atomic E-state index is 0.272. The largest absolute Gasteiger partial charge is 0.459 e. The summed E-state index contributed by atoms with van der Waals surface area (Å²) in [6, 6.07) is 17.9. The molecule has 0 aliphatic rings. The second-order valence-corrected chi connectivity index (χ2v) is 6.57. The molecule has 2 aromatic carbocycles. The maximum atomic E-state index is 12.4. The van der Waals surface area contributed by atoms with Crippen molar-refractivity contribution in [2.75, 3.05) is 0 Å². The van der Waals surface area contributed by atoms with Gasteiger partial charge >= 0.3 is 11.9 Å². The first-order valence-corrected chi connectivity index (χ1v) is 9.66. The number of carbonyl (C=O) groups excluding carboxylic acids is 2. The van der Waals surface area contributed by atoms with Crippen LogP contribution in [0, 0.1) is 0 Å². The molecule has 0 spiro atoms. The molecule has 0 aromatic heterocycles. The molecule has 4 heteroatoms. The van der Waals surface area contributed by atoms with E-state index < -0.39 is 0 Å². The van der Waals surface area contributed by atoms with Crippen molar-refractivity contribution >= 4 is 11.9 Å². The van der Waals surface area contributed by atoms with Crippen molar-refractivity contribution in [3.05, 3.63) is 71.8 Å². The third kappa shape index (κ3) is 6.89. The fourth-order valence-electron chi connectivity index (χ4n) is 2.84. The van der Waals surface area contributed by atoms with Crippen LogP contribution in [0.25, 0.3) is 0 Å². The van der Waals surface area contributed by atoms with Crippen molar-refractivity contribution < 1.29 is 19.1 Å². The Kier molecular flexibility index (Phi) is 8.56. The zero-order chi connectivity index (χ0) is 19.5. The highest BCUT2D eigenvalue weighted by atomic mass is 16.6. The van der Waals surface area contributed by atoms with Gasteiger partial charge in [-0.15, -0.1) is 0 Å². The summed E-state index contributed by atoms with van der Waals surface area (Å²) >= 11 is 0. The number of hydrogen-bond acceptors (Lipinski definition) is 4. The van der Waals surface area contributed by atoms with Gasteiger partial charge in [-0.3, -0.25) is 0 Å². The molecule has 0 aliphatic carbocycles. The summed E-state index contributed by atoms with van der Waals surface area (Å²) in [7, 11) is 0. The van der Waals surface area contributed by atoms with Gasteiger partial charge in [0, 0.05) is 6.42 Å². The summed E-state index contributed by atoms with van der Waals surface area (Å²) in [6.45, 7) is 4.07. The third-order valence-electron chi connectivity index (χ3n) is 4.43. The number of esters is 2. The summed E-state index contributed by atoms with van der Waals surface area (Å²) in [4.78, 5) is 24.7. The molecular weight excluding hydrogens is 340 g/mol. The van der Waals surface area contributed by atoms with Gasteiger partial charge in [0.15, 0.2) is 0 Å². The zero-order valence-corrected chi connectivity index (χ0v) is 16.1. The molecule has 2 rings (SSSR count). The van der Waals surface area contributed by atoms with E-state index in [2.05, 4.69) is 6.92 Å². The first-order valence-electron chi connectivity index (χ1n) is 9.66. The number of rotatable bonds is 10. The Morgan fingerprint density at radius 2 is 1.26 bits per heavy atom. The van der Waals surface area contributed by atoms with Crippen molar-refractivity contribution in [2.45, 2.75) is 58.2 Å². The number of hydrogen-bond donors (Lipinski definition) is 0. The molecule has 144 valence electrons. The molecule has 0 saturated heterocycles. The zero-order valence-electron chi connectivity index (χ0n) is 16.1. The predicted molar refractivity (Wildman–Crippen MR) is 106 cm³/mol. The van der Waals surface area contributed by atoms with E-state index in [0.29, 0.717) is 24.0 Å². The Morgan fingerprint density at radius 3 is 1.70 bits per heavy atom. The molecule has 0 amide bonds. The van der Waals surface area contributed by atoms with E-state index in [-0.39, 0.29) is 24.1 Å². The average Bonchev–Trinajstić information content (AvgIpc) is 2.72. The Bertz CT molecular complexity index is 697. The number of benzene rings is 2. The van der Waals surface area contributed by atoms with Gasteiger partial charge in [0.25, 0.3) is 0 Å². The molecular formula is C23H28O4. The van der Waals surface area contributed by atoms with Crippen molar-refractivity contribution in [1.29, 1.82) is 0 Å². The van der Waals surface area contributed by atoms with Crippen LogP contribution < -0.4 is 0 Å². The van der Waals surface area contributed by atoms with Crippen LogP contribution in [0.1, 0.15) is 66.7 Å². The van der Waals surface area contributed by atoms with Crippen LogP contribution in [-0.2, 0) is 9.47 Å².